The number of hydrogen-bond donors (Lipinski definition) is 0. The molecule has 3 heterocycles. The molecule has 7 rings (SSSR count). The fraction of sp³-hybridized carbons (Fsp3) is 0.591. The second kappa shape index (κ2) is 6.14. The first-order valence-electron chi connectivity index (χ1n) is 10.6. The summed E-state index contributed by atoms with van der Waals surface area (Å²) in [6.45, 7) is 3.72. The van der Waals surface area contributed by atoms with E-state index in [-0.39, 0.29) is 5.41 Å². The van der Waals surface area contributed by atoms with Crippen LogP contribution in [-0.4, -0.2) is 59.7 Å². The lowest BCUT2D eigenvalue weighted by Gasteiger charge is -2.49. The van der Waals surface area contributed by atoms with E-state index in [2.05, 4.69) is 14.8 Å². The number of rotatable bonds is 2. The highest BCUT2D eigenvalue weighted by Gasteiger charge is 2.61. The van der Waals surface area contributed by atoms with Gasteiger partial charge in [0.2, 0.25) is 11.9 Å². The van der Waals surface area contributed by atoms with E-state index in [1.54, 1.807) is 0 Å². The van der Waals surface area contributed by atoms with E-state index in [4.69, 9.17) is 9.72 Å². The number of benzene rings is 1. The molecule has 4 unspecified atom stereocenters. The Morgan fingerprint density at radius 2 is 2.00 bits per heavy atom. The van der Waals surface area contributed by atoms with Gasteiger partial charge < -0.3 is 14.5 Å². The minimum absolute atomic E-state index is 0.229. The number of hydrogen-bond acceptors (Lipinski definition) is 5. The van der Waals surface area contributed by atoms with Crippen molar-refractivity contribution in [3.05, 3.63) is 30.5 Å². The normalized spacial score (nSPS) is 34.2. The van der Waals surface area contributed by atoms with Crippen LogP contribution in [0.4, 0.5) is 5.95 Å². The van der Waals surface area contributed by atoms with Crippen molar-refractivity contribution in [1.29, 1.82) is 0 Å². The lowest BCUT2D eigenvalue weighted by Crippen LogP contribution is -2.58. The Bertz CT molecular complexity index is 926. The van der Waals surface area contributed by atoms with Gasteiger partial charge in [0.15, 0.2) is 0 Å². The molecule has 28 heavy (non-hydrogen) atoms. The van der Waals surface area contributed by atoms with Gasteiger partial charge >= 0.3 is 0 Å². The van der Waals surface area contributed by atoms with Gasteiger partial charge in [-0.25, -0.2) is 9.97 Å². The second-order valence-electron chi connectivity index (χ2n) is 9.00. The molecule has 4 bridgehead atoms. The van der Waals surface area contributed by atoms with E-state index >= 15 is 0 Å². The molecule has 0 radical (unpaired) electrons. The summed E-state index contributed by atoms with van der Waals surface area (Å²) >= 11 is 0. The van der Waals surface area contributed by atoms with Crippen molar-refractivity contribution in [1.82, 2.24) is 14.9 Å². The quantitative estimate of drug-likeness (QED) is 0.804. The summed E-state index contributed by atoms with van der Waals surface area (Å²) < 4.78 is 6.08. The number of aromatic nitrogens is 2. The van der Waals surface area contributed by atoms with Crippen LogP contribution in [0.3, 0.4) is 0 Å². The van der Waals surface area contributed by atoms with Crippen molar-refractivity contribution >= 4 is 22.8 Å². The molecule has 1 aromatic heterocycles. The SMILES string of the molecule is O=C(N1CCN(c2ncc3ccccc3n2)CC1)C12COC3CC(CCC31)C2. The summed E-state index contributed by atoms with van der Waals surface area (Å²) in [6.07, 6.45) is 6.90. The molecule has 2 aromatic rings. The van der Waals surface area contributed by atoms with Crippen LogP contribution in [-0.2, 0) is 9.53 Å². The van der Waals surface area contributed by atoms with Crippen LogP contribution < -0.4 is 4.90 Å². The number of nitrogens with zero attached hydrogens (tertiary/aromatic N) is 4. The Hall–Kier alpha value is -2.21. The topological polar surface area (TPSA) is 58.6 Å². The van der Waals surface area contributed by atoms with Crippen LogP contribution in [0.15, 0.2) is 30.5 Å². The average molecular weight is 378 g/mol. The minimum Gasteiger partial charge on any atom is -0.377 e. The highest BCUT2D eigenvalue weighted by atomic mass is 16.5. The number of carbonyl (C=O) groups is 1. The van der Waals surface area contributed by atoms with Crippen molar-refractivity contribution in [3.63, 3.8) is 0 Å². The summed E-state index contributed by atoms with van der Waals surface area (Å²) in [5, 5.41) is 1.06. The lowest BCUT2D eigenvalue weighted by atomic mass is 9.56. The zero-order valence-electron chi connectivity index (χ0n) is 16.1. The number of fused-ring (bicyclic) bond motifs is 2. The summed E-state index contributed by atoms with van der Waals surface area (Å²) in [4.78, 5) is 27.1. The minimum atomic E-state index is -0.229. The summed E-state index contributed by atoms with van der Waals surface area (Å²) in [5.41, 5.74) is 0.741. The number of anilines is 1. The Kier molecular flexibility index (Phi) is 3.67. The molecule has 4 atom stereocenters. The zero-order valence-corrected chi connectivity index (χ0v) is 16.1. The van der Waals surface area contributed by atoms with Gasteiger partial charge in [0.1, 0.15) is 0 Å². The van der Waals surface area contributed by atoms with Gasteiger partial charge in [-0.05, 0) is 37.7 Å². The molecule has 0 N–H and O–H groups in total. The third-order valence-electron chi connectivity index (χ3n) is 7.57. The highest BCUT2D eigenvalue weighted by molar-refractivity contribution is 5.84. The van der Waals surface area contributed by atoms with Crippen molar-refractivity contribution in [3.8, 4) is 0 Å². The summed E-state index contributed by atoms with van der Waals surface area (Å²) in [7, 11) is 0. The van der Waals surface area contributed by atoms with Crippen molar-refractivity contribution in [2.45, 2.75) is 31.8 Å². The smallest absolute Gasteiger partial charge is 0.231 e. The zero-order chi connectivity index (χ0) is 18.7. The van der Waals surface area contributed by atoms with Crippen LogP contribution in [0.5, 0.6) is 0 Å². The molecule has 0 spiro atoms. The van der Waals surface area contributed by atoms with Gasteiger partial charge in [0, 0.05) is 43.7 Å². The van der Waals surface area contributed by atoms with Crippen molar-refractivity contribution in [2.75, 3.05) is 37.7 Å². The molecule has 3 aliphatic carbocycles. The molecule has 5 fully saturated rings. The van der Waals surface area contributed by atoms with E-state index in [9.17, 15) is 4.79 Å². The maximum Gasteiger partial charge on any atom is 0.231 e. The Balaban J connectivity index is 1.17. The predicted molar refractivity (Wildman–Crippen MR) is 106 cm³/mol. The standard InChI is InChI=1S/C22H26N4O2/c27-20(22-12-15-5-6-17(22)19(11-15)28-14-22)25-7-9-26(10-8-25)21-23-13-16-3-1-2-4-18(16)24-21/h1-4,13,15,17,19H,5-12,14H2. The average Bonchev–Trinajstić information content (AvgIpc) is 3.04. The number of carbonyl (C=O) groups excluding carboxylic acids is 1. The van der Waals surface area contributed by atoms with Crippen LogP contribution in [0.2, 0.25) is 0 Å². The van der Waals surface area contributed by atoms with E-state index in [1.807, 2.05) is 30.5 Å². The van der Waals surface area contributed by atoms with Crippen molar-refractivity contribution < 1.29 is 9.53 Å². The van der Waals surface area contributed by atoms with E-state index < -0.39 is 0 Å². The molecule has 5 aliphatic rings. The number of amides is 1. The Labute approximate surface area is 164 Å². The van der Waals surface area contributed by atoms with Gasteiger partial charge in [-0.3, -0.25) is 4.79 Å². The van der Waals surface area contributed by atoms with Gasteiger partial charge in [0.05, 0.1) is 23.6 Å². The molecule has 6 heteroatoms. The maximum absolute atomic E-state index is 13.5. The molecule has 146 valence electrons. The summed E-state index contributed by atoms with van der Waals surface area (Å²) in [5.74, 6) is 2.26. The fourth-order valence-corrected chi connectivity index (χ4v) is 6.15. The van der Waals surface area contributed by atoms with Gasteiger partial charge in [-0.1, -0.05) is 18.2 Å². The first-order chi connectivity index (χ1) is 13.7. The van der Waals surface area contributed by atoms with E-state index in [0.717, 1.165) is 49.5 Å². The second-order valence-corrected chi connectivity index (χ2v) is 9.00. The molecule has 2 aliphatic heterocycles. The fourth-order valence-electron chi connectivity index (χ4n) is 6.15. The summed E-state index contributed by atoms with van der Waals surface area (Å²) in [6, 6.07) is 8.06. The number of para-hydroxylation sites is 1. The van der Waals surface area contributed by atoms with Gasteiger partial charge in [-0.2, -0.15) is 0 Å². The molecular weight excluding hydrogens is 352 g/mol. The first kappa shape index (κ1) is 16.7. The van der Waals surface area contributed by atoms with Crippen LogP contribution >= 0.6 is 0 Å². The van der Waals surface area contributed by atoms with Crippen LogP contribution in [0.25, 0.3) is 10.9 Å². The van der Waals surface area contributed by atoms with Crippen LogP contribution in [0, 0.1) is 17.3 Å². The molecule has 3 saturated carbocycles. The Morgan fingerprint density at radius 1 is 1.14 bits per heavy atom. The molecule has 1 amide bonds. The predicted octanol–water partition coefficient (Wildman–Crippen LogP) is 2.48. The largest absolute Gasteiger partial charge is 0.377 e. The molecule has 2 saturated heterocycles. The first-order valence-corrected chi connectivity index (χ1v) is 10.6. The third kappa shape index (κ3) is 2.40. The maximum atomic E-state index is 13.5. The third-order valence-corrected chi connectivity index (χ3v) is 7.57. The Morgan fingerprint density at radius 3 is 2.86 bits per heavy atom. The van der Waals surface area contributed by atoms with Crippen LogP contribution in [0.1, 0.15) is 25.7 Å². The van der Waals surface area contributed by atoms with E-state index in [0.29, 0.717) is 30.5 Å². The molecule has 6 nitrogen and oxygen atoms in total. The molecule has 1 aromatic carbocycles. The monoisotopic (exact) mass is 378 g/mol. The number of piperazine rings is 1. The highest BCUT2D eigenvalue weighted by Crippen LogP contribution is 2.58. The van der Waals surface area contributed by atoms with E-state index in [1.165, 1.54) is 19.3 Å². The van der Waals surface area contributed by atoms with Crippen molar-refractivity contribution in [2.24, 2.45) is 17.3 Å². The van der Waals surface area contributed by atoms with Gasteiger partial charge in [0.25, 0.3) is 0 Å². The molecular formula is C22H26N4O2. The lowest BCUT2D eigenvalue weighted by molar-refractivity contribution is -0.149. The van der Waals surface area contributed by atoms with Gasteiger partial charge in [-0.15, -0.1) is 0 Å². The number of ether oxygens (including phenoxy) is 1.